The van der Waals surface area contributed by atoms with Crippen LogP contribution in [0.1, 0.15) is 17.2 Å². The molecule has 13 heavy (non-hydrogen) atoms. The zero-order chi connectivity index (χ0) is 9.42. The number of hydrogen-bond acceptors (Lipinski definition) is 3. The molecule has 1 aromatic rings. The van der Waals surface area contributed by atoms with Crippen molar-refractivity contribution < 1.29 is 9.84 Å². The summed E-state index contributed by atoms with van der Waals surface area (Å²) in [5.74, 6) is 0.795. The lowest BCUT2D eigenvalue weighted by atomic mass is 10.1. The summed E-state index contributed by atoms with van der Waals surface area (Å²) in [7, 11) is 1.62. The van der Waals surface area contributed by atoms with Crippen LogP contribution in [0.2, 0.25) is 0 Å². The van der Waals surface area contributed by atoms with Crippen LogP contribution in [0.4, 0.5) is 0 Å². The van der Waals surface area contributed by atoms with Crippen LogP contribution in [0.15, 0.2) is 18.2 Å². The highest BCUT2D eigenvalue weighted by molar-refractivity contribution is 5.41. The highest BCUT2D eigenvalue weighted by atomic mass is 16.5. The Hall–Kier alpha value is -1.06. The van der Waals surface area contributed by atoms with Gasteiger partial charge < -0.3 is 15.6 Å². The molecule has 3 heteroatoms. The Kier molecular flexibility index (Phi) is 1.98. The number of hydrogen-bond donors (Lipinski definition) is 2. The third kappa shape index (κ3) is 1.30. The quantitative estimate of drug-likeness (QED) is 0.664. The Bertz CT molecular complexity index is 325. The van der Waals surface area contributed by atoms with E-state index in [1.165, 1.54) is 0 Å². The monoisotopic (exact) mass is 179 g/mol. The maximum Gasteiger partial charge on any atom is 0.119 e. The molecule has 3 nitrogen and oxygen atoms in total. The maximum atomic E-state index is 9.52. The third-order valence-electron chi connectivity index (χ3n) is 2.56. The standard InChI is InChI=1S/C10H13NO2/c1-13-7-3-2-6-4-9(12)10(11)8(6)5-7/h2-3,5,9-10,12H,4,11H2,1H3/t9-,10+/m1/s1. The summed E-state index contributed by atoms with van der Waals surface area (Å²) in [6.45, 7) is 0. The van der Waals surface area contributed by atoms with Gasteiger partial charge >= 0.3 is 0 Å². The van der Waals surface area contributed by atoms with E-state index in [4.69, 9.17) is 10.5 Å². The lowest BCUT2D eigenvalue weighted by molar-refractivity contribution is 0.158. The lowest BCUT2D eigenvalue weighted by Gasteiger charge is -2.09. The summed E-state index contributed by atoms with van der Waals surface area (Å²) in [4.78, 5) is 0. The molecule has 2 rings (SSSR count). The van der Waals surface area contributed by atoms with Crippen LogP contribution in [0.5, 0.6) is 5.75 Å². The van der Waals surface area contributed by atoms with Crippen LogP contribution in [-0.2, 0) is 6.42 Å². The summed E-state index contributed by atoms with van der Waals surface area (Å²) in [6.07, 6.45) is 0.211. The zero-order valence-corrected chi connectivity index (χ0v) is 7.53. The predicted molar refractivity (Wildman–Crippen MR) is 49.6 cm³/mol. The molecule has 0 fully saturated rings. The number of methoxy groups -OCH3 is 1. The van der Waals surface area contributed by atoms with Crippen molar-refractivity contribution in [2.24, 2.45) is 5.73 Å². The van der Waals surface area contributed by atoms with Crippen LogP contribution < -0.4 is 10.5 Å². The molecule has 0 bridgehead atoms. The number of fused-ring (bicyclic) bond motifs is 1. The molecular weight excluding hydrogens is 166 g/mol. The molecule has 0 aromatic heterocycles. The van der Waals surface area contributed by atoms with E-state index in [1.54, 1.807) is 7.11 Å². The van der Waals surface area contributed by atoms with Crippen LogP contribution in [-0.4, -0.2) is 18.3 Å². The second kappa shape index (κ2) is 3.01. The molecule has 1 aromatic carbocycles. The molecular formula is C10H13NO2. The van der Waals surface area contributed by atoms with Gasteiger partial charge in [0, 0.05) is 6.42 Å². The third-order valence-corrected chi connectivity index (χ3v) is 2.56. The number of rotatable bonds is 1. The molecule has 0 spiro atoms. The molecule has 0 heterocycles. The summed E-state index contributed by atoms with van der Waals surface area (Å²) >= 11 is 0. The van der Waals surface area contributed by atoms with Crippen LogP contribution in [0.3, 0.4) is 0 Å². The van der Waals surface area contributed by atoms with Crippen molar-refractivity contribution >= 4 is 0 Å². The van der Waals surface area contributed by atoms with E-state index in [0.29, 0.717) is 6.42 Å². The van der Waals surface area contributed by atoms with Crippen LogP contribution >= 0.6 is 0 Å². The highest BCUT2D eigenvalue weighted by Crippen LogP contribution is 2.32. The van der Waals surface area contributed by atoms with E-state index >= 15 is 0 Å². The summed E-state index contributed by atoms with van der Waals surface area (Å²) < 4.78 is 5.09. The number of aliphatic hydroxyl groups excluding tert-OH is 1. The predicted octanol–water partition coefficient (Wildman–Crippen LogP) is 0.612. The minimum Gasteiger partial charge on any atom is -0.497 e. The maximum absolute atomic E-state index is 9.52. The van der Waals surface area contributed by atoms with E-state index < -0.39 is 6.10 Å². The molecule has 2 atom stereocenters. The van der Waals surface area contributed by atoms with Gasteiger partial charge in [-0.2, -0.15) is 0 Å². The second-order valence-electron chi connectivity index (χ2n) is 3.36. The van der Waals surface area contributed by atoms with Crippen molar-refractivity contribution in [3.63, 3.8) is 0 Å². The molecule has 0 unspecified atom stereocenters. The molecule has 0 aliphatic heterocycles. The van der Waals surface area contributed by atoms with Gasteiger partial charge in [0.15, 0.2) is 0 Å². The number of benzene rings is 1. The van der Waals surface area contributed by atoms with Gasteiger partial charge in [-0.3, -0.25) is 0 Å². The smallest absolute Gasteiger partial charge is 0.119 e. The highest BCUT2D eigenvalue weighted by Gasteiger charge is 2.27. The Labute approximate surface area is 77.1 Å². The number of nitrogens with two attached hydrogens (primary N) is 1. The summed E-state index contributed by atoms with van der Waals surface area (Å²) in [6, 6.07) is 5.49. The first-order valence-corrected chi connectivity index (χ1v) is 4.33. The summed E-state index contributed by atoms with van der Waals surface area (Å²) in [5, 5.41) is 9.52. The fraction of sp³-hybridized carbons (Fsp3) is 0.400. The normalized spacial score (nSPS) is 25.8. The minimum absolute atomic E-state index is 0.259. The van der Waals surface area contributed by atoms with E-state index in [2.05, 4.69) is 0 Å². The van der Waals surface area contributed by atoms with Gasteiger partial charge in [0.2, 0.25) is 0 Å². The van der Waals surface area contributed by atoms with Gasteiger partial charge in [0.25, 0.3) is 0 Å². The molecule has 70 valence electrons. The largest absolute Gasteiger partial charge is 0.497 e. The van der Waals surface area contributed by atoms with Crippen molar-refractivity contribution in [3.05, 3.63) is 29.3 Å². The van der Waals surface area contributed by atoms with E-state index in [9.17, 15) is 5.11 Å². The fourth-order valence-electron chi connectivity index (χ4n) is 1.76. The van der Waals surface area contributed by atoms with Crippen molar-refractivity contribution in [1.29, 1.82) is 0 Å². The minimum atomic E-state index is -0.442. The molecule has 3 N–H and O–H groups in total. The van der Waals surface area contributed by atoms with Crippen molar-refractivity contribution in [3.8, 4) is 5.75 Å². The van der Waals surface area contributed by atoms with E-state index in [1.807, 2.05) is 18.2 Å². The van der Waals surface area contributed by atoms with Crippen molar-refractivity contribution in [2.75, 3.05) is 7.11 Å². The lowest BCUT2D eigenvalue weighted by Crippen LogP contribution is -2.21. The van der Waals surface area contributed by atoms with Gasteiger partial charge in [-0.1, -0.05) is 6.07 Å². The average molecular weight is 179 g/mol. The van der Waals surface area contributed by atoms with Gasteiger partial charge in [-0.15, -0.1) is 0 Å². The number of aliphatic hydroxyl groups is 1. The second-order valence-corrected chi connectivity index (χ2v) is 3.36. The van der Waals surface area contributed by atoms with Gasteiger partial charge in [0.05, 0.1) is 19.3 Å². The molecule has 0 saturated carbocycles. The van der Waals surface area contributed by atoms with E-state index in [0.717, 1.165) is 16.9 Å². The van der Waals surface area contributed by atoms with Gasteiger partial charge in [0.1, 0.15) is 5.75 Å². The first kappa shape index (κ1) is 8.53. The average Bonchev–Trinajstić information content (AvgIpc) is 2.43. The fourth-order valence-corrected chi connectivity index (χ4v) is 1.76. The van der Waals surface area contributed by atoms with Crippen molar-refractivity contribution in [2.45, 2.75) is 18.6 Å². The molecule has 0 radical (unpaired) electrons. The van der Waals surface area contributed by atoms with Crippen LogP contribution in [0, 0.1) is 0 Å². The zero-order valence-electron chi connectivity index (χ0n) is 7.53. The Morgan fingerprint density at radius 1 is 1.54 bits per heavy atom. The topological polar surface area (TPSA) is 55.5 Å². The van der Waals surface area contributed by atoms with E-state index in [-0.39, 0.29) is 6.04 Å². The SMILES string of the molecule is COc1ccc2c(c1)[C@H](N)[C@H](O)C2. The molecule has 0 saturated heterocycles. The Morgan fingerprint density at radius 3 is 3.00 bits per heavy atom. The summed E-state index contributed by atoms with van der Waals surface area (Å²) in [5.41, 5.74) is 7.94. The van der Waals surface area contributed by atoms with Crippen LogP contribution in [0.25, 0.3) is 0 Å². The first-order valence-electron chi connectivity index (χ1n) is 4.33. The Balaban J connectivity index is 2.42. The van der Waals surface area contributed by atoms with Gasteiger partial charge in [-0.05, 0) is 23.3 Å². The molecule has 1 aliphatic carbocycles. The Morgan fingerprint density at radius 2 is 2.31 bits per heavy atom. The van der Waals surface area contributed by atoms with Gasteiger partial charge in [-0.25, -0.2) is 0 Å². The van der Waals surface area contributed by atoms with Crippen molar-refractivity contribution in [1.82, 2.24) is 0 Å². The number of ether oxygens (including phenoxy) is 1. The first-order chi connectivity index (χ1) is 6.22. The molecule has 0 amide bonds. The molecule has 1 aliphatic rings.